The molecule has 0 bridgehead atoms. The van der Waals surface area contributed by atoms with Gasteiger partial charge in [-0.3, -0.25) is 14.9 Å². The van der Waals surface area contributed by atoms with Crippen LogP contribution in [0.3, 0.4) is 0 Å². The van der Waals surface area contributed by atoms with Gasteiger partial charge in [-0.15, -0.1) is 0 Å². The molecule has 0 aliphatic rings. The molecule has 1 atom stereocenters. The summed E-state index contributed by atoms with van der Waals surface area (Å²) in [5.74, 6) is -1.36. The Morgan fingerprint density at radius 1 is 1.39 bits per heavy atom. The summed E-state index contributed by atoms with van der Waals surface area (Å²) in [6, 6.07) is 2.72. The number of imidazole rings is 1. The number of nitro benzene ring substituents is 1. The van der Waals surface area contributed by atoms with E-state index in [1.807, 2.05) is 0 Å². The minimum Gasteiger partial charge on any atom is -0.480 e. The Balaban J connectivity index is 2.20. The van der Waals surface area contributed by atoms with Crippen LogP contribution in [0.5, 0.6) is 0 Å². The van der Waals surface area contributed by atoms with Gasteiger partial charge in [0.25, 0.3) is 5.69 Å². The lowest BCUT2D eigenvalue weighted by atomic mass is 10.2. The molecule has 0 spiro atoms. The van der Waals surface area contributed by atoms with Crippen molar-refractivity contribution in [3.8, 4) is 0 Å². The number of aromatic amines is 1. The first kappa shape index (κ1) is 16.6. The molecule has 0 radical (unpaired) electrons. The summed E-state index contributed by atoms with van der Waals surface area (Å²) in [6.07, 6.45) is 2.61. The van der Waals surface area contributed by atoms with Crippen molar-refractivity contribution in [2.45, 2.75) is 17.4 Å². The Morgan fingerprint density at radius 2 is 2.04 bits per heavy atom. The van der Waals surface area contributed by atoms with Crippen LogP contribution in [0.25, 0.3) is 0 Å². The number of aromatic nitrogens is 2. The number of aliphatic carboxylic acids is 1. The number of benzene rings is 1. The maximum absolute atomic E-state index is 12.2. The van der Waals surface area contributed by atoms with E-state index in [4.69, 9.17) is 5.11 Å². The van der Waals surface area contributed by atoms with Gasteiger partial charge in [0.1, 0.15) is 6.04 Å². The number of non-ortho nitro benzene ring substituents is 1. The minimum atomic E-state index is -4.14. The number of nitrogens with zero attached hydrogens (tertiary/aromatic N) is 2. The third-order valence-corrected chi connectivity index (χ3v) is 4.42. The standard InChI is InChI=1S/C12H12N4O6S/c17-12(18)11(5-8-6-13-7-14-8)15-23(21,22)10-3-1-9(2-4-10)16(19)20/h1-4,6-7,11,15H,5H2,(H,13,14)(H,17,18)/t11-/m1/s1. The van der Waals surface area contributed by atoms with Gasteiger partial charge in [-0.05, 0) is 12.1 Å². The van der Waals surface area contributed by atoms with E-state index < -0.39 is 27.0 Å². The first-order valence-electron chi connectivity index (χ1n) is 6.26. The highest BCUT2D eigenvalue weighted by Gasteiger charge is 2.26. The third-order valence-electron chi connectivity index (χ3n) is 2.93. The number of carboxylic acids is 1. The Hall–Kier alpha value is -2.79. The van der Waals surface area contributed by atoms with Gasteiger partial charge in [-0.25, -0.2) is 13.4 Å². The Bertz CT molecular complexity index is 801. The molecule has 10 nitrogen and oxygen atoms in total. The van der Waals surface area contributed by atoms with E-state index >= 15 is 0 Å². The molecule has 2 aromatic rings. The number of nitro groups is 1. The number of hydrogen-bond acceptors (Lipinski definition) is 6. The number of carbonyl (C=O) groups is 1. The van der Waals surface area contributed by atoms with Crippen LogP contribution in [0.15, 0.2) is 41.7 Å². The quantitative estimate of drug-likeness (QED) is 0.483. The highest BCUT2D eigenvalue weighted by atomic mass is 32.2. The molecule has 11 heteroatoms. The number of rotatable bonds is 7. The summed E-state index contributed by atoms with van der Waals surface area (Å²) in [7, 11) is -4.14. The van der Waals surface area contributed by atoms with Gasteiger partial charge < -0.3 is 10.1 Å². The van der Waals surface area contributed by atoms with Gasteiger partial charge in [0.15, 0.2) is 0 Å². The first-order valence-corrected chi connectivity index (χ1v) is 7.75. The molecule has 1 heterocycles. The fourth-order valence-corrected chi connectivity index (χ4v) is 2.99. The molecule has 0 amide bonds. The topological polar surface area (TPSA) is 155 Å². The second-order valence-electron chi connectivity index (χ2n) is 4.54. The van der Waals surface area contributed by atoms with Crippen LogP contribution in [-0.2, 0) is 21.2 Å². The van der Waals surface area contributed by atoms with E-state index in [-0.39, 0.29) is 17.0 Å². The van der Waals surface area contributed by atoms with Crippen molar-refractivity contribution in [1.29, 1.82) is 0 Å². The Morgan fingerprint density at radius 3 is 2.52 bits per heavy atom. The molecule has 0 saturated heterocycles. The summed E-state index contributed by atoms with van der Waals surface area (Å²) >= 11 is 0. The largest absolute Gasteiger partial charge is 0.480 e. The van der Waals surface area contributed by atoms with Gasteiger partial charge in [0, 0.05) is 30.4 Å². The van der Waals surface area contributed by atoms with Crippen LogP contribution in [0.1, 0.15) is 5.69 Å². The molecule has 0 fully saturated rings. The molecule has 122 valence electrons. The fourth-order valence-electron chi connectivity index (χ4n) is 1.80. The molecule has 0 aliphatic carbocycles. The van der Waals surface area contributed by atoms with Crippen LogP contribution in [0.2, 0.25) is 0 Å². The SMILES string of the molecule is O=C(O)[C@@H](Cc1cnc[nH]1)NS(=O)(=O)c1ccc([N+](=O)[O-])cc1. The molecule has 23 heavy (non-hydrogen) atoms. The Labute approximate surface area is 130 Å². The van der Waals surface area contributed by atoms with Crippen molar-refractivity contribution in [1.82, 2.24) is 14.7 Å². The maximum atomic E-state index is 12.2. The van der Waals surface area contributed by atoms with Crippen molar-refractivity contribution in [2.24, 2.45) is 0 Å². The predicted molar refractivity (Wildman–Crippen MR) is 77.1 cm³/mol. The molecule has 0 saturated carbocycles. The zero-order valence-corrected chi connectivity index (χ0v) is 12.4. The van der Waals surface area contributed by atoms with Gasteiger partial charge in [-0.2, -0.15) is 4.72 Å². The highest BCUT2D eigenvalue weighted by Crippen LogP contribution is 2.16. The van der Waals surface area contributed by atoms with Crippen molar-refractivity contribution in [3.63, 3.8) is 0 Å². The van der Waals surface area contributed by atoms with Gasteiger partial charge in [0.05, 0.1) is 16.1 Å². The van der Waals surface area contributed by atoms with Crippen LogP contribution in [-0.4, -0.2) is 40.4 Å². The zero-order chi connectivity index (χ0) is 17.0. The molecule has 0 unspecified atom stereocenters. The normalized spacial score (nSPS) is 12.7. The maximum Gasteiger partial charge on any atom is 0.322 e. The highest BCUT2D eigenvalue weighted by molar-refractivity contribution is 7.89. The van der Waals surface area contributed by atoms with Crippen molar-refractivity contribution in [2.75, 3.05) is 0 Å². The zero-order valence-electron chi connectivity index (χ0n) is 11.5. The Kier molecular flexibility index (Phi) is 4.71. The van der Waals surface area contributed by atoms with Crippen LogP contribution in [0, 0.1) is 10.1 Å². The number of hydrogen-bond donors (Lipinski definition) is 3. The van der Waals surface area contributed by atoms with E-state index in [1.54, 1.807) is 0 Å². The average molecular weight is 340 g/mol. The molecular formula is C12H12N4O6S. The van der Waals surface area contributed by atoms with Gasteiger partial charge in [-0.1, -0.05) is 0 Å². The lowest BCUT2D eigenvalue weighted by Gasteiger charge is -2.14. The first-order chi connectivity index (χ1) is 10.8. The number of carboxylic acid groups (broad SMARTS) is 1. The predicted octanol–water partition coefficient (Wildman–Crippen LogP) is 0.292. The van der Waals surface area contributed by atoms with Crippen LogP contribution in [0.4, 0.5) is 5.69 Å². The van der Waals surface area contributed by atoms with Crippen molar-refractivity contribution >= 4 is 21.7 Å². The monoisotopic (exact) mass is 340 g/mol. The van der Waals surface area contributed by atoms with E-state index in [9.17, 15) is 23.3 Å². The molecule has 3 N–H and O–H groups in total. The van der Waals surface area contributed by atoms with Crippen molar-refractivity contribution in [3.05, 3.63) is 52.6 Å². The molecule has 1 aromatic heterocycles. The summed E-state index contributed by atoms with van der Waals surface area (Å²) < 4.78 is 26.4. The molecular weight excluding hydrogens is 328 g/mol. The third kappa shape index (κ3) is 4.11. The summed E-state index contributed by atoms with van der Waals surface area (Å²) in [5.41, 5.74) is 0.181. The lowest BCUT2D eigenvalue weighted by Crippen LogP contribution is -2.42. The van der Waals surface area contributed by atoms with E-state index in [0.717, 1.165) is 24.3 Å². The van der Waals surface area contributed by atoms with Gasteiger partial charge in [0.2, 0.25) is 10.0 Å². The second kappa shape index (κ2) is 6.54. The van der Waals surface area contributed by atoms with Crippen molar-refractivity contribution < 1.29 is 23.2 Å². The molecule has 0 aliphatic heterocycles. The van der Waals surface area contributed by atoms with E-state index in [1.165, 1.54) is 12.5 Å². The summed E-state index contributed by atoms with van der Waals surface area (Å²) in [6.45, 7) is 0. The molecule has 2 rings (SSSR count). The average Bonchev–Trinajstić information content (AvgIpc) is 2.99. The van der Waals surface area contributed by atoms with Crippen LogP contribution < -0.4 is 4.72 Å². The summed E-state index contributed by atoms with van der Waals surface area (Å²) in [4.78, 5) is 27.3. The smallest absolute Gasteiger partial charge is 0.322 e. The van der Waals surface area contributed by atoms with Crippen LogP contribution >= 0.6 is 0 Å². The number of nitrogens with one attached hydrogen (secondary N) is 2. The summed E-state index contributed by atoms with van der Waals surface area (Å²) in [5, 5.41) is 19.7. The fraction of sp³-hybridized carbons (Fsp3) is 0.167. The number of H-pyrrole nitrogens is 1. The van der Waals surface area contributed by atoms with E-state index in [2.05, 4.69) is 14.7 Å². The lowest BCUT2D eigenvalue weighted by molar-refractivity contribution is -0.384. The number of sulfonamides is 1. The molecule has 1 aromatic carbocycles. The second-order valence-corrected chi connectivity index (χ2v) is 6.26. The minimum absolute atomic E-state index is 0.123. The van der Waals surface area contributed by atoms with Gasteiger partial charge >= 0.3 is 5.97 Å². The van der Waals surface area contributed by atoms with E-state index in [0.29, 0.717) is 5.69 Å².